The summed E-state index contributed by atoms with van der Waals surface area (Å²) in [4.78, 5) is 19.4. The molecule has 0 heterocycles. The van der Waals surface area contributed by atoms with Crippen LogP contribution in [-0.2, 0) is 10.1 Å². The Morgan fingerprint density at radius 1 is 0.760 bits per heavy atom. The van der Waals surface area contributed by atoms with Crippen LogP contribution in [0.15, 0.2) is 60.7 Å². The van der Waals surface area contributed by atoms with Crippen LogP contribution in [0.5, 0.6) is 0 Å². The highest BCUT2D eigenvalue weighted by Gasteiger charge is 2.37. The third kappa shape index (κ3) is 5.90. The van der Waals surface area contributed by atoms with Gasteiger partial charge in [0.05, 0.1) is 0 Å². The lowest BCUT2D eigenvalue weighted by molar-refractivity contribution is 0.0791. The molecule has 2 aromatic rings. The van der Waals surface area contributed by atoms with E-state index in [1.54, 1.807) is 0 Å². The van der Waals surface area contributed by atoms with E-state index in [9.17, 15) is 9.79 Å². The molecule has 4 heteroatoms. The minimum absolute atomic E-state index is 0.729. The van der Waals surface area contributed by atoms with Gasteiger partial charge in [-0.15, -0.1) is 0 Å². The second-order valence-electron chi connectivity index (χ2n) is 6.42. The van der Waals surface area contributed by atoms with Crippen molar-refractivity contribution in [1.82, 2.24) is 0 Å². The van der Waals surface area contributed by atoms with E-state index in [0.717, 1.165) is 30.4 Å². The SMILES string of the molecule is CCCCCCCCC(OP(O)O)(c1ccccc1)c1ccccc1. The van der Waals surface area contributed by atoms with Gasteiger partial charge in [-0.2, -0.15) is 0 Å². The van der Waals surface area contributed by atoms with Crippen molar-refractivity contribution >= 4 is 8.60 Å². The largest absolute Gasteiger partial charge is 0.328 e. The van der Waals surface area contributed by atoms with E-state index in [-0.39, 0.29) is 0 Å². The van der Waals surface area contributed by atoms with Crippen molar-refractivity contribution in [1.29, 1.82) is 0 Å². The molecular formula is C21H29O3P. The summed E-state index contributed by atoms with van der Waals surface area (Å²) in [5.74, 6) is 0. The normalized spacial score (nSPS) is 11.8. The summed E-state index contributed by atoms with van der Waals surface area (Å²) in [7, 11) is -2.47. The molecule has 0 unspecified atom stereocenters. The number of hydrogen-bond acceptors (Lipinski definition) is 3. The molecule has 2 rings (SSSR count). The molecule has 0 radical (unpaired) electrons. The molecule has 25 heavy (non-hydrogen) atoms. The first-order valence-corrected chi connectivity index (χ1v) is 10.3. The highest BCUT2D eigenvalue weighted by atomic mass is 31.2. The van der Waals surface area contributed by atoms with Crippen LogP contribution in [0.25, 0.3) is 0 Å². The Hall–Kier alpha value is -1.25. The van der Waals surface area contributed by atoms with Crippen LogP contribution in [-0.4, -0.2) is 9.79 Å². The molecule has 0 aromatic heterocycles. The summed E-state index contributed by atoms with van der Waals surface area (Å²) in [5, 5.41) is 0. The molecule has 0 saturated carbocycles. The fourth-order valence-electron chi connectivity index (χ4n) is 3.31. The summed E-state index contributed by atoms with van der Waals surface area (Å²) in [6.45, 7) is 2.22. The Morgan fingerprint density at radius 2 is 1.24 bits per heavy atom. The average molecular weight is 360 g/mol. The van der Waals surface area contributed by atoms with Crippen LogP contribution in [0.2, 0.25) is 0 Å². The van der Waals surface area contributed by atoms with Crippen LogP contribution < -0.4 is 0 Å². The van der Waals surface area contributed by atoms with Crippen molar-refractivity contribution in [3.63, 3.8) is 0 Å². The predicted molar refractivity (Wildman–Crippen MR) is 104 cm³/mol. The Labute approximate surface area is 152 Å². The molecule has 0 bridgehead atoms. The summed E-state index contributed by atoms with van der Waals surface area (Å²) < 4.78 is 5.81. The van der Waals surface area contributed by atoms with Crippen molar-refractivity contribution in [2.45, 2.75) is 57.5 Å². The maximum absolute atomic E-state index is 9.68. The van der Waals surface area contributed by atoms with Crippen molar-refractivity contribution in [3.8, 4) is 0 Å². The zero-order valence-electron chi connectivity index (χ0n) is 15.0. The first kappa shape index (κ1) is 20.1. The Bertz CT molecular complexity index is 547. The maximum atomic E-state index is 9.68. The minimum atomic E-state index is -2.47. The lowest BCUT2D eigenvalue weighted by Crippen LogP contribution is -2.29. The summed E-state index contributed by atoms with van der Waals surface area (Å²) in [5.41, 5.74) is 1.11. The van der Waals surface area contributed by atoms with Gasteiger partial charge in [-0.1, -0.05) is 99.7 Å². The minimum Gasteiger partial charge on any atom is -0.328 e. The van der Waals surface area contributed by atoms with E-state index >= 15 is 0 Å². The van der Waals surface area contributed by atoms with Gasteiger partial charge in [-0.3, -0.25) is 4.52 Å². The average Bonchev–Trinajstić information content (AvgIpc) is 2.64. The van der Waals surface area contributed by atoms with Crippen molar-refractivity contribution in [2.24, 2.45) is 0 Å². The van der Waals surface area contributed by atoms with Gasteiger partial charge in [-0.25, -0.2) is 0 Å². The molecule has 0 aliphatic rings. The zero-order chi connectivity index (χ0) is 18.0. The molecule has 0 atom stereocenters. The van der Waals surface area contributed by atoms with Crippen LogP contribution >= 0.6 is 8.60 Å². The van der Waals surface area contributed by atoms with E-state index in [1.807, 2.05) is 60.7 Å². The van der Waals surface area contributed by atoms with Crippen LogP contribution in [0, 0.1) is 0 Å². The summed E-state index contributed by atoms with van der Waals surface area (Å²) >= 11 is 0. The predicted octanol–water partition coefficient (Wildman–Crippen LogP) is 5.91. The third-order valence-electron chi connectivity index (χ3n) is 4.60. The van der Waals surface area contributed by atoms with Gasteiger partial charge in [0.1, 0.15) is 5.60 Å². The summed E-state index contributed by atoms with van der Waals surface area (Å²) in [6, 6.07) is 19.8. The van der Waals surface area contributed by atoms with E-state index in [1.165, 1.54) is 25.7 Å². The molecule has 2 aromatic carbocycles. The molecule has 0 aliphatic carbocycles. The number of hydrogen-bond donors (Lipinski definition) is 2. The molecule has 136 valence electrons. The Kier molecular flexibility index (Phi) is 8.57. The van der Waals surface area contributed by atoms with Crippen molar-refractivity contribution in [3.05, 3.63) is 71.8 Å². The van der Waals surface area contributed by atoms with Gasteiger partial charge in [0.15, 0.2) is 0 Å². The molecular weight excluding hydrogens is 331 g/mol. The van der Waals surface area contributed by atoms with Crippen LogP contribution in [0.1, 0.15) is 63.0 Å². The quantitative estimate of drug-likeness (QED) is 0.387. The Balaban J connectivity index is 2.25. The van der Waals surface area contributed by atoms with E-state index in [0.29, 0.717) is 0 Å². The summed E-state index contributed by atoms with van der Waals surface area (Å²) in [6.07, 6.45) is 7.82. The monoisotopic (exact) mass is 360 g/mol. The standard InChI is InChI=1S/C21H29O3P/c1-2-3-4-5-6-13-18-21(24-25(22)23,19-14-9-7-10-15-19)20-16-11-8-12-17-20/h7-12,14-17,22-23H,2-6,13,18H2,1H3. The zero-order valence-corrected chi connectivity index (χ0v) is 15.9. The highest BCUT2D eigenvalue weighted by molar-refractivity contribution is 7.39. The van der Waals surface area contributed by atoms with Crippen molar-refractivity contribution < 1.29 is 14.3 Å². The van der Waals surface area contributed by atoms with E-state index in [2.05, 4.69) is 6.92 Å². The smallest absolute Gasteiger partial charge is 0.328 e. The molecule has 0 saturated heterocycles. The molecule has 3 nitrogen and oxygen atoms in total. The molecule has 2 N–H and O–H groups in total. The highest BCUT2D eigenvalue weighted by Crippen LogP contribution is 2.46. The van der Waals surface area contributed by atoms with E-state index < -0.39 is 14.2 Å². The molecule has 0 amide bonds. The molecule has 0 fully saturated rings. The van der Waals surface area contributed by atoms with Gasteiger partial charge in [-0.05, 0) is 24.0 Å². The number of unbranched alkanes of at least 4 members (excludes halogenated alkanes) is 5. The second-order valence-corrected chi connectivity index (χ2v) is 7.11. The van der Waals surface area contributed by atoms with Crippen LogP contribution in [0.4, 0.5) is 0 Å². The topological polar surface area (TPSA) is 49.7 Å². The first-order chi connectivity index (χ1) is 12.2. The second kappa shape index (κ2) is 10.7. The van der Waals surface area contributed by atoms with Gasteiger partial charge >= 0.3 is 8.60 Å². The van der Waals surface area contributed by atoms with Gasteiger partial charge in [0.25, 0.3) is 0 Å². The van der Waals surface area contributed by atoms with Crippen molar-refractivity contribution in [2.75, 3.05) is 0 Å². The molecule has 0 aliphatic heterocycles. The van der Waals surface area contributed by atoms with Crippen LogP contribution in [0.3, 0.4) is 0 Å². The van der Waals surface area contributed by atoms with Gasteiger partial charge in [0.2, 0.25) is 0 Å². The van der Waals surface area contributed by atoms with E-state index in [4.69, 9.17) is 4.52 Å². The molecule has 0 spiro atoms. The maximum Gasteiger partial charge on any atom is 0.328 e. The third-order valence-corrected chi connectivity index (χ3v) is 5.08. The fraction of sp³-hybridized carbons (Fsp3) is 0.429. The Morgan fingerprint density at radius 3 is 1.72 bits per heavy atom. The number of benzene rings is 2. The van der Waals surface area contributed by atoms with Gasteiger partial charge in [0, 0.05) is 0 Å². The lowest BCUT2D eigenvalue weighted by Gasteiger charge is -2.35. The fourth-order valence-corrected chi connectivity index (χ4v) is 3.90. The number of rotatable bonds is 11. The van der Waals surface area contributed by atoms with Gasteiger partial charge < -0.3 is 9.79 Å². The first-order valence-electron chi connectivity index (χ1n) is 9.17. The lowest BCUT2D eigenvalue weighted by atomic mass is 9.82.